The summed E-state index contributed by atoms with van der Waals surface area (Å²) in [7, 11) is -1.38. The fourth-order valence-electron chi connectivity index (χ4n) is 3.42. The zero-order valence-electron chi connectivity index (χ0n) is 16.7. The molecule has 0 unspecified atom stereocenters. The van der Waals surface area contributed by atoms with Gasteiger partial charge >= 0.3 is 0 Å². The van der Waals surface area contributed by atoms with Crippen molar-refractivity contribution >= 4 is 15.9 Å². The number of hydrogen-bond donors (Lipinski definition) is 2. The van der Waals surface area contributed by atoms with Gasteiger partial charge in [0.05, 0.1) is 19.1 Å². The van der Waals surface area contributed by atoms with E-state index < -0.39 is 15.9 Å². The maximum Gasteiger partial charge on any atom is 0.279 e. The van der Waals surface area contributed by atoms with Crippen LogP contribution in [0, 0.1) is 0 Å². The Morgan fingerprint density at radius 2 is 1.73 bits per heavy atom. The van der Waals surface area contributed by atoms with Gasteiger partial charge < -0.3 is 14.2 Å². The highest BCUT2D eigenvalue weighted by Crippen LogP contribution is 2.37. The molecule has 0 saturated carbocycles. The Morgan fingerprint density at radius 1 is 1.07 bits per heavy atom. The van der Waals surface area contributed by atoms with Gasteiger partial charge in [0.1, 0.15) is 17.4 Å². The average molecular weight is 436 g/mol. The maximum absolute atomic E-state index is 13.3. The molecule has 2 aromatic carbocycles. The highest BCUT2D eigenvalue weighted by Gasteiger charge is 2.35. The average Bonchev–Trinajstić information content (AvgIpc) is 2.78. The van der Waals surface area contributed by atoms with Crippen molar-refractivity contribution < 1.29 is 32.6 Å². The number of methoxy groups -OCH3 is 2. The Bertz CT molecular complexity index is 988. The molecule has 2 N–H and O–H groups in total. The van der Waals surface area contributed by atoms with Crippen LogP contribution in [0.1, 0.15) is 23.2 Å². The molecule has 0 bridgehead atoms. The fourth-order valence-corrected chi connectivity index (χ4v) is 5.07. The number of piperidine rings is 1. The number of nitrogens with one attached hydrogen (secondary N) is 1. The summed E-state index contributed by atoms with van der Waals surface area (Å²) < 4.78 is 44.1. The third-order valence-electron chi connectivity index (χ3n) is 4.90. The van der Waals surface area contributed by atoms with Crippen molar-refractivity contribution in [2.24, 2.45) is 0 Å². The molecule has 1 amide bonds. The molecule has 0 spiro atoms. The number of nitrogens with zero attached hydrogens (tertiary/aromatic N) is 1. The number of hydrogen-bond acceptors (Lipinski definition) is 7. The van der Waals surface area contributed by atoms with Gasteiger partial charge in [0.15, 0.2) is 11.5 Å². The molecule has 9 nitrogen and oxygen atoms in total. The van der Waals surface area contributed by atoms with Crippen LogP contribution in [0.2, 0.25) is 0 Å². The van der Waals surface area contributed by atoms with Gasteiger partial charge in [-0.25, -0.2) is 13.9 Å². The second-order valence-electron chi connectivity index (χ2n) is 6.65. The van der Waals surface area contributed by atoms with Crippen LogP contribution in [0.25, 0.3) is 0 Å². The first-order valence-electron chi connectivity index (χ1n) is 9.33. The summed E-state index contributed by atoms with van der Waals surface area (Å²) in [4.78, 5) is 12.0. The summed E-state index contributed by atoms with van der Waals surface area (Å²) in [6.45, 7) is 0.461. The molecule has 30 heavy (non-hydrogen) atoms. The van der Waals surface area contributed by atoms with Crippen LogP contribution >= 0.6 is 0 Å². The van der Waals surface area contributed by atoms with Crippen LogP contribution in [-0.4, -0.2) is 57.3 Å². The normalized spacial score (nSPS) is 15.4. The predicted octanol–water partition coefficient (Wildman–Crippen LogP) is 2.05. The second kappa shape index (κ2) is 9.33. The van der Waals surface area contributed by atoms with E-state index in [-0.39, 0.29) is 41.2 Å². The van der Waals surface area contributed by atoms with Crippen LogP contribution in [-0.2, 0) is 10.0 Å². The van der Waals surface area contributed by atoms with Crippen molar-refractivity contribution in [2.75, 3.05) is 27.3 Å². The van der Waals surface area contributed by atoms with Crippen molar-refractivity contribution in [3.63, 3.8) is 0 Å². The van der Waals surface area contributed by atoms with Gasteiger partial charge in [0, 0.05) is 13.1 Å². The molecule has 2 aromatic rings. The Labute approximate surface area is 175 Å². The number of carbonyl (C=O) groups excluding carboxylic acids is 1. The maximum atomic E-state index is 13.3. The van der Waals surface area contributed by atoms with Crippen molar-refractivity contribution in [1.29, 1.82) is 0 Å². The zero-order valence-corrected chi connectivity index (χ0v) is 17.5. The number of benzene rings is 2. The number of amides is 1. The van der Waals surface area contributed by atoms with Gasteiger partial charge in [-0.1, -0.05) is 18.2 Å². The Hall–Kier alpha value is -2.82. The van der Waals surface area contributed by atoms with E-state index in [1.807, 2.05) is 30.3 Å². The third kappa shape index (κ3) is 4.35. The molecule has 1 aliphatic rings. The molecule has 1 heterocycles. The molecule has 10 heteroatoms. The van der Waals surface area contributed by atoms with Crippen LogP contribution in [0.5, 0.6) is 17.2 Å². The van der Waals surface area contributed by atoms with Gasteiger partial charge in [-0.2, -0.15) is 4.31 Å². The summed E-state index contributed by atoms with van der Waals surface area (Å²) in [6.07, 6.45) is 0.899. The van der Waals surface area contributed by atoms with Crippen molar-refractivity contribution in [1.82, 2.24) is 9.79 Å². The molecule has 0 atom stereocenters. The van der Waals surface area contributed by atoms with Crippen molar-refractivity contribution in [3.8, 4) is 17.2 Å². The molecule has 0 radical (unpaired) electrons. The minimum absolute atomic E-state index is 0.0765. The minimum atomic E-state index is -4.03. The zero-order chi connectivity index (χ0) is 21.7. The van der Waals surface area contributed by atoms with Gasteiger partial charge in [0.2, 0.25) is 10.0 Å². The van der Waals surface area contributed by atoms with Crippen molar-refractivity contribution in [2.45, 2.75) is 23.8 Å². The lowest BCUT2D eigenvalue weighted by atomic mass is 10.1. The quantitative estimate of drug-likeness (QED) is 0.504. The van der Waals surface area contributed by atoms with E-state index in [1.165, 1.54) is 36.1 Å². The second-order valence-corrected chi connectivity index (χ2v) is 8.56. The molecular formula is C20H24N2O7S. The molecule has 3 rings (SSSR count). The lowest BCUT2D eigenvalue weighted by Gasteiger charge is -2.32. The van der Waals surface area contributed by atoms with E-state index in [2.05, 4.69) is 0 Å². The highest BCUT2D eigenvalue weighted by atomic mass is 32.2. The Kier molecular flexibility index (Phi) is 6.80. The predicted molar refractivity (Wildman–Crippen MR) is 108 cm³/mol. The standard InChI is InChI=1S/C20H24N2O7S/c1-27-16-8-9-17(18(19(16)28-2)20(23)21-24)30(25,26)22-12-10-15(11-13-22)29-14-6-4-3-5-7-14/h3-9,15,24H,10-13H2,1-2H3,(H,21,23). The molecule has 1 fully saturated rings. The number of ether oxygens (including phenoxy) is 3. The number of hydroxylamine groups is 1. The smallest absolute Gasteiger partial charge is 0.279 e. The van der Waals surface area contributed by atoms with E-state index >= 15 is 0 Å². The van der Waals surface area contributed by atoms with Gasteiger partial charge in [-0.3, -0.25) is 10.0 Å². The SMILES string of the molecule is COc1ccc(S(=O)(=O)N2CCC(Oc3ccccc3)CC2)c(C(=O)NO)c1OC. The van der Waals surface area contributed by atoms with Crippen molar-refractivity contribution in [3.05, 3.63) is 48.0 Å². The monoisotopic (exact) mass is 436 g/mol. The van der Waals surface area contributed by atoms with E-state index in [9.17, 15) is 13.2 Å². The molecule has 1 aliphatic heterocycles. The first kappa shape index (κ1) is 21.9. The summed E-state index contributed by atoms with van der Waals surface area (Å²) in [5.41, 5.74) is 1.16. The number of carbonyl (C=O) groups is 1. The lowest BCUT2D eigenvalue weighted by molar-refractivity contribution is 0.0698. The molecule has 1 saturated heterocycles. The molecule has 0 aromatic heterocycles. The molecular weight excluding hydrogens is 412 g/mol. The van der Waals surface area contributed by atoms with Gasteiger partial charge in [0.25, 0.3) is 5.91 Å². The molecule has 0 aliphatic carbocycles. The van der Waals surface area contributed by atoms with Crippen LogP contribution in [0.4, 0.5) is 0 Å². The van der Waals surface area contributed by atoms with E-state index in [0.717, 1.165) is 5.75 Å². The summed E-state index contributed by atoms with van der Waals surface area (Å²) in [5, 5.41) is 9.13. The first-order chi connectivity index (χ1) is 14.4. The van der Waals surface area contributed by atoms with Crippen LogP contribution in [0.3, 0.4) is 0 Å². The largest absolute Gasteiger partial charge is 0.493 e. The lowest BCUT2D eigenvalue weighted by Crippen LogP contribution is -2.42. The minimum Gasteiger partial charge on any atom is -0.493 e. The van der Waals surface area contributed by atoms with E-state index in [0.29, 0.717) is 12.8 Å². The molecule has 162 valence electrons. The first-order valence-corrected chi connectivity index (χ1v) is 10.8. The number of para-hydroxylation sites is 1. The number of rotatable bonds is 7. The van der Waals surface area contributed by atoms with E-state index in [4.69, 9.17) is 19.4 Å². The van der Waals surface area contributed by atoms with E-state index in [1.54, 1.807) is 0 Å². The Morgan fingerprint density at radius 3 is 2.30 bits per heavy atom. The third-order valence-corrected chi connectivity index (χ3v) is 6.84. The topological polar surface area (TPSA) is 114 Å². The summed E-state index contributed by atoms with van der Waals surface area (Å²) in [5.74, 6) is -0.176. The summed E-state index contributed by atoms with van der Waals surface area (Å²) in [6, 6.07) is 12.0. The van der Waals surface area contributed by atoms with Crippen LogP contribution in [0.15, 0.2) is 47.4 Å². The van der Waals surface area contributed by atoms with Gasteiger partial charge in [-0.15, -0.1) is 0 Å². The highest BCUT2D eigenvalue weighted by molar-refractivity contribution is 7.89. The van der Waals surface area contributed by atoms with Gasteiger partial charge in [-0.05, 0) is 37.1 Å². The number of sulfonamides is 1. The summed E-state index contributed by atoms with van der Waals surface area (Å²) >= 11 is 0. The Balaban J connectivity index is 1.85. The fraction of sp³-hybridized carbons (Fsp3) is 0.350. The van der Waals surface area contributed by atoms with Crippen LogP contribution < -0.4 is 19.7 Å².